The molecule has 0 aromatic carbocycles. The summed E-state index contributed by atoms with van der Waals surface area (Å²) in [5.41, 5.74) is 5.90. The summed E-state index contributed by atoms with van der Waals surface area (Å²) in [4.78, 5) is 37.2. The van der Waals surface area contributed by atoms with Crippen molar-refractivity contribution < 1.29 is 19.1 Å². The lowest BCUT2D eigenvalue weighted by molar-refractivity contribution is -0.146. The van der Waals surface area contributed by atoms with E-state index < -0.39 is 30.4 Å². The summed E-state index contributed by atoms with van der Waals surface area (Å²) in [5, 5.41) is 2.71. The molecule has 1 heterocycles. The Balaban J connectivity index is 2.60. The number of nitrogens with one attached hydrogen (secondary N) is 1. The van der Waals surface area contributed by atoms with Crippen molar-refractivity contribution in [2.75, 3.05) is 6.61 Å². The maximum absolute atomic E-state index is 11.5. The minimum absolute atomic E-state index is 0.172. The van der Waals surface area contributed by atoms with Crippen molar-refractivity contribution in [2.45, 2.75) is 19.4 Å². The second kappa shape index (κ2) is 7.44. The van der Waals surface area contributed by atoms with Gasteiger partial charge < -0.3 is 15.8 Å². The summed E-state index contributed by atoms with van der Waals surface area (Å²) >= 11 is 5.65. The molecule has 0 aliphatic rings. The molecule has 8 heteroatoms. The fraction of sp³-hybridized carbons (Fsp3) is 0.333. The van der Waals surface area contributed by atoms with E-state index in [2.05, 4.69) is 15.0 Å². The second-order valence-corrected chi connectivity index (χ2v) is 4.38. The number of ether oxygens (including phenoxy) is 1. The highest BCUT2D eigenvalue weighted by Gasteiger charge is 2.19. The second-order valence-electron chi connectivity index (χ2n) is 4.00. The lowest BCUT2D eigenvalue weighted by Crippen LogP contribution is -2.47. The molecule has 3 N–H and O–H groups in total. The Bertz CT molecular complexity index is 504. The van der Waals surface area contributed by atoms with Crippen LogP contribution in [0, 0.1) is 0 Å². The smallest absolute Gasteiger partial charge is 0.303 e. The first kappa shape index (κ1) is 15.9. The van der Waals surface area contributed by atoms with Crippen LogP contribution in [0.5, 0.6) is 0 Å². The summed E-state index contributed by atoms with van der Waals surface area (Å²) in [7, 11) is 0. The van der Waals surface area contributed by atoms with E-state index in [4.69, 9.17) is 17.3 Å². The van der Waals surface area contributed by atoms with Gasteiger partial charge in [0.2, 0.25) is 5.91 Å². The first-order valence-electron chi connectivity index (χ1n) is 5.71. The number of nitrogens with two attached hydrogens (primary N) is 1. The molecule has 1 rings (SSSR count). The van der Waals surface area contributed by atoms with Crippen molar-refractivity contribution >= 4 is 29.4 Å². The number of carbonyl (C=O) groups is 3. The molecule has 20 heavy (non-hydrogen) atoms. The van der Waals surface area contributed by atoms with Crippen LogP contribution in [-0.2, 0) is 25.5 Å². The van der Waals surface area contributed by atoms with Gasteiger partial charge >= 0.3 is 5.97 Å². The fourth-order valence-corrected chi connectivity index (χ4v) is 1.50. The van der Waals surface area contributed by atoms with E-state index in [0.717, 1.165) is 0 Å². The van der Waals surface area contributed by atoms with Crippen LogP contribution in [0.3, 0.4) is 0 Å². The molecule has 7 nitrogen and oxygen atoms in total. The van der Waals surface area contributed by atoms with Gasteiger partial charge in [0, 0.05) is 19.5 Å². The summed E-state index contributed by atoms with van der Waals surface area (Å²) in [6.45, 7) is 0.718. The molecule has 1 aromatic heterocycles. The molecule has 0 radical (unpaired) electrons. The van der Waals surface area contributed by atoms with Crippen molar-refractivity contribution in [1.29, 1.82) is 0 Å². The van der Waals surface area contributed by atoms with Crippen LogP contribution in [0.15, 0.2) is 18.3 Å². The van der Waals surface area contributed by atoms with Crippen LogP contribution in [0.25, 0.3) is 0 Å². The number of halogens is 1. The SMILES string of the molecule is CC(=O)OCC(=O)N[C@H](Cc1ccc(Cl)nc1)C(N)=O. The van der Waals surface area contributed by atoms with Gasteiger partial charge in [-0.1, -0.05) is 17.7 Å². The van der Waals surface area contributed by atoms with Crippen LogP contribution in [0.2, 0.25) is 5.15 Å². The molecule has 0 bridgehead atoms. The molecular weight excluding hydrogens is 286 g/mol. The van der Waals surface area contributed by atoms with Gasteiger partial charge in [0.25, 0.3) is 5.91 Å². The Morgan fingerprint density at radius 3 is 2.65 bits per heavy atom. The third kappa shape index (κ3) is 5.66. The molecule has 1 atom stereocenters. The van der Waals surface area contributed by atoms with Crippen molar-refractivity contribution in [3.63, 3.8) is 0 Å². The standard InChI is InChI=1S/C12H14ClN3O4/c1-7(17)20-6-11(18)16-9(12(14)19)4-8-2-3-10(13)15-5-8/h2-3,5,9H,4,6H2,1H3,(H2,14,19)(H,16,18)/t9-/m1/s1. The van der Waals surface area contributed by atoms with Gasteiger partial charge in [-0.05, 0) is 11.6 Å². The normalized spacial score (nSPS) is 11.5. The molecular formula is C12H14ClN3O4. The highest BCUT2D eigenvalue weighted by molar-refractivity contribution is 6.29. The quantitative estimate of drug-likeness (QED) is 0.558. The number of hydrogen-bond acceptors (Lipinski definition) is 5. The average molecular weight is 300 g/mol. The van der Waals surface area contributed by atoms with E-state index in [1.54, 1.807) is 12.1 Å². The molecule has 0 fully saturated rings. The number of primary amides is 1. The lowest BCUT2D eigenvalue weighted by atomic mass is 10.1. The Kier molecular flexibility index (Phi) is 5.92. The Morgan fingerprint density at radius 1 is 1.45 bits per heavy atom. The molecule has 1 aromatic rings. The van der Waals surface area contributed by atoms with Crippen LogP contribution >= 0.6 is 11.6 Å². The molecule has 0 unspecified atom stereocenters. The number of carbonyl (C=O) groups excluding carboxylic acids is 3. The van der Waals surface area contributed by atoms with Crippen LogP contribution < -0.4 is 11.1 Å². The number of pyridine rings is 1. The predicted octanol–water partition coefficient (Wildman–Crippen LogP) is -0.189. The minimum atomic E-state index is -0.916. The van der Waals surface area contributed by atoms with Crippen molar-refractivity contribution in [2.24, 2.45) is 5.73 Å². The van der Waals surface area contributed by atoms with Crippen molar-refractivity contribution in [3.05, 3.63) is 29.0 Å². The summed E-state index contributed by atoms with van der Waals surface area (Å²) in [6, 6.07) is 2.32. The van der Waals surface area contributed by atoms with E-state index in [1.807, 2.05) is 0 Å². The minimum Gasteiger partial charge on any atom is -0.456 e. The molecule has 0 saturated carbocycles. The van der Waals surface area contributed by atoms with E-state index in [0.29, 0.717) is 10.7 Å². The highest BCUT2D eigenvalue weighted by atomic mass is 35.5. The van der Waals surface area contributed by atoms with Crippen LogP contribution in [-0.4, -0.2) is 35.4 Å². The summed E-state index contributed by atoms with van der Waals surface area (Å²) in [6.07, 6.45) is 1.65. The third-order valence-corrected chi connectivity index (χ3v) is 2.54. The number of amides is 2. The van der Waals surface area contributed by atoms with Gasteiger partial charge in [-0.15, -0.1) is 0 Å². The predicted molar refractivity (Wildman–Crippen MR) is 70.7 cm³/mol. The molecule has 0 aliphatic heterocycles. The molecule has 0 saturated heterocycles. The van der Waals surface area contributed by atoms with Gasteiger partial charge in [0.1, 0.15) is 11.2 Å². The zero-order valence-corrected chi connectivity index (χ0v) is 11.5. The first-order valence-corrected chi connectivity index (χ1v) is 6.08. The number of hydrogen-bond donors (Lipinski definition) is 2. The van der Waals surface area contributed by atoms with Gasteiger partial charge in [0.05, 0.1) is 0 Å². The number of nitrogens with zero attached hydrogens (tertiary/aromatic N) is 1. The van der Waals surface area contributed by atoms with Gasteiger partial charge in [-0.2, -0.15) is 0 Å². The third-order valence-electron chi connectivity index (χ3n) is 2.31. The Morgan fingerprint density at radius 2 is 2.15 bits per heavy atom. The largest absolute Gasteiger partial charge is 0.456 e. The zero-order valence-electron chi connectivity index (χ0n) is 10.8. The van der Waals surface area contributed by atoms with Crippen molar-refractivity contribution in [1.82, 2.24) is 10.3 Å². The fourth-order valence-electron chi connectivity index (χ4n) is 1.39. The maximum Gasteiger partial charge on any atom is 0.303 e. The number of aromatic nitrogens is 1. The van der Waals surface area contributed by atoms with E-state index in [-0.39, 0.29) is 6.42 Å². The molecule has 0 aliphatic carbocycles. The van der Waals surface area contributed by atoms with Gasteiger partial charge in [0.15, 0.2) is 6.61 Å². The lowest BCUT2D eigenvalue weighted by Gasteiger charge is -2.15. The molecule has 0 spiro atoms. The number of rotatable bonds is 6. The topological polar surface area (TPSA) is 111 Å². The summed E-state index contributed by atoms with van der Waals surface area (Å²) in [5.74, 6) is -1.89. The van der Waals surface area contributed by atoms with E-state index >= 15 is 0 Å². The number of esters is 1. The van der Waals surface area contributed by atoms with Crippen molar-refractivity contribution in [3.8, 4) is 0 Å². The Labute approximate surface area is 120 Å². The first-order chi connectivity index (χ1) is 9.38. The Hall–Kier alpha value is -2.15. The monoisotopic (exact) mass is 299 g/mol. The summed E-state index contributed by atoms with van der Waals surface area (Å²) < 4.78 is 4.52. The highest BCUT2D eigenvalue weighted by Crippen LogP contribution is 2.07. The average Bonchev–Trinajstić information content (AvgIpc) is 2.38. The van der Waals surface area contributed by atoms with E-state index in [1.165, 1.54) is 13.1 Å². The van der Waals surface area contributed by atoms with E-state index in [9.17, 15) is 14.4 Å². The maximum atomic E-state index is 11.5. The molecule has 108 valence electrons. The zero-order chi connectivity index (χ0) is 15.1. The van der Waals surface area contributed by atoms with Gasteiger partial charge in [-0.3, -0.25) is 14.4 Å². The molecule has 2 amide bonds. The van der Waals surface area contributed by atoms with Gasteiger partial charge in [-0.25, -0.2) is 4.98 Å². The van der Waals surface area contributed by atoms with Crippen LogP contribution in [0.4, 0.5) is 0 Å². The van der Waals surface area contributed by atoms with Crippen LogP contribution in [0.1, 0.15) is 12.5 Å².